The van der Waals surface area contributed by atoms with Crippen LogP contribution >= 0.6 is 0 Å². The molecule has 3 rings (SSSR count). The number of rotatable bonds is 7. The summed E-state index contributed by atoms with van der Waals surface area (Å²) in [5, 5.41) is 11.2. The molecule has 1 fully saturated rings. The highest BCUT2D eigenvalue weighted by Crippen LogP contribution is 2.32. The topological polar surface area (TPSA) is 69.4 Å². The largest absolute Gasteiger partial charge is 0.493 e. The minimum atomic E-state index is 0.234. The lowest BCUT2D eigenvalue weighted by Gasteiger charge is -2.14. The smallest absolute Gasteiger partial charge is 0.253 e. The average molecular weight is 289 g/mol. The molecule has 1 aromatic carbocycles. The van der Waals surface area contributed by atoms with E-state index in [4.69, 9.17) is 13.9 Å². The van der Waals surface area contributed by atoms with Crippen LogP contribution in [0.5, 0.6) is 11.5 Å². The van der Waals surface area contributed by atoms with Crippen molar-refractivity contribution in [1.82, 2.24) is 15.5 Å². The van der Waals surface area contributed by atoms with Crippen LogP contribution < -0.4 is 14.8 Å². The first kappa shape index (κ1) is 13.9. The van der Waals surface area contributed by atoms with Gasteiger partial charge in [-0.3, -0.25) is 0 Å². The summed E-state index contributed by atoms with van der Waals surface area (Å²) in [6.45, 7) is 2.75. The Labute approximate surface area is 123 Å². The Morgan fingerprint density at radius 2 is 2.19 bits per heavy atom. The van der Waals surface area contributed by atoms with Crippen molar-refractivity contribution in [2.75, 3.05) is 7.11 Å². The summed E-state index contributed by atoms with van der Waals surface area (Å²) >= 11 is 0. The molecule has 1 aliphatic rings. The molecule has 0 aliphatic heterocycles. The highest BCUT2D eigenvalue weighted by atomic mass is 16.5. The van der Waals surface area contributed by atoms with E-state index in [0.717, 1.165) is 17.9 Å². The number of aromatic nitrogens is 2. The molecule has 2 aromatic rings. The molecule has 0 unspecified atom stereocenters. The Morgan fingerprint density at radius 1 is 1.33 bits per heavy atom. The van der Waals surface area contributed by atoms with E-state index in [-0.39, 0.29) is 6.61 Å². The second kappa shape index (κ2) is 6.13. The third-order valence-corrected chi connectivity index (χ3v) is 3.35. The summed E-state index contributed by atoms with van der Waals surface area (Å²) in [5.74, 6) is 2.43. The number of hydrogen-bond acceptors (Lipinski definition) is 6. The monoisotopic (exact) mass is 289 g/mol. The second-order valence-electron chi connectivity index (χ2n) is 5.11. The highest BCUT2D eigenvalue weighted by molar-refractivity contribution is 5.46. The lowest BCUT2D eigenvalue weighted by Crippen LogP contribution is -2.16. The SMILES string of the molecule is COc1cccc(CNC2CC2)c1OCc1nnc(C)o1. The maximum atomic E-state index is 5.85. The summed E-state index contributed by atoms with van der Waals surface area (Å²) in [7, 11) is 1.64. The minimum absolute atomic E-state index is 0.234. The van der Waals surface area contributed by atoms with Gasteiger partial charge in [0, 0.05) is 25.1 Å². The van der Waals surface area contributed by atoms with Gasteiger partial charge >= 0.3 is 0 Å². The summed E-state index contributed by atoms with van der Waals surface area (Å²) in [5.41, 5.74) is 1.07. The van der Waals surface area contributed by atoms with Crippen LogP contribution in [0.3, 0.4) is 0 Å². The van der Waals surface area contributed by atoms with Gasteiger partial charge in [0.2, 0.25) is 5.89 Å². The summed E-state index contributed by atoms with van der Waals surface area (Å²) in [6.07, 6.45) is 2.50. The predicted molar refractivity (Wildman–Crippen MR) is 76.2 cm³/mol. The number of benzene rings is 1. The number of nitrogens with one attached hydrogen (secondary N) is 1. The van der Waals surface area contributed by atoms with Crippen LogP contribution in [0.1, 0.15) is 30.2 Å². The third-order valence-electron chi connectivity index (χ3n) is 3.35. The average Bonchev–Trinajstić information content (AvgIpc) is 3.24. The van der Waals surface area contributed by atoms with Crippen molar-refractivity contribution in [3.63, 3.8) is 0 Å². The molecule has 0 saturated heterocycles. The van der Waals surface area contributed by atoms with Crippen molar-refractivity contribution in [1.29, 1.82) is 0 Å². The zero-order valence-electron chi connectivity index (χ0n) is 12.3. The zero-order valence-corrected chi connectivity index (χ0v) is 12.3. The fourth-order valence-electron chi connectivity index (χ4n) is 2.10. The van der Waals surface area contributed by atoms with Crippen LogP contribution in [0, 0.1) is 6.92 Å². The van der Waals surface area contributed by atoms with Gasteiger partial charge in [-0.15, -0.1) is 10.2 Å². The molecule has 1 N–H and O–H groups in total. The third kappa shape index (κ3) is 3.52. The van der Waals surface area contributed by atoms with Crippen LogP contribution in [0.15, 0.2) is 22.6 Å². The second-order valence-corrected chi connectivity index (χ2v) is 5.11. The Balaban J connectivity index is 1.73. The molecular formula is C15H19N3O3. The lowest BCUT2D eigenvalue weighted by atomic mass is 10.2. The van der Waals surface area contributed by atoms with E-state index in [2.05, 4.69) is 15.5 Å². The molecule has 1 aliphatic carbocycles. The van der Waals surface area contributed by atoms with Crippen molar-refractivity contribution >= 4 is 0 Å². The molecule has 0 bridgehead atoms. The lowest BCUT2D eigenvalue weighted by molar-refractivity contribution is 0.245. The zero-order chi connectivity index (χ0) is 14.7. The van der Waals surface area contributed by atoms with Crippen LogP contribution in [-0.4, -0.2) is 23.3 Å². The van der Waals surface area contributed by atoms with Crippen molar-refractivity contribution in [2.24, 2.45) is 0 Å². The number of methoxy groups -OCH3 is 1. The molecule has 6 heteroatoms. The Kier molecular flexibility index (Phi) is 4.06. The minimum Gasteiger partial charge on any atom is -0.493 e. The van der Waals surface area contributed by atoms with E-state index in [0.29, 0.717) is 23.6 Å². The van der Waals surface area contributed by atoms with Gasteiger partial charge in [0.15, 0.2) is 18.1 Å². The van der Waals surface area contributed by atoms with Crippen LogP contribution in [0.25, 0.3) is 0 Å². The van der Waals surface area contributed by atoms with E-state index in [1.807, 2.05) is 18.2 Å². The van der Waals surface area contributed by atoms with Gasteiger partial charge in [0.05, 0.1) is 7.11 Å². The van der Waals surface area contributed by atoms with Crippen LogP contribution in [0.2, 0.25) is 0 Å². The molecule has 21 heavy (non-hydrogen) atoms. The molecular weight excluding hydrogens is 270 g/mol. The number of hydrogen-bond donors (Lipinski definition) is 1. The van der Waals surface area contributed by atoms with Gasteiger partial charge in [-0.05, 0) is 18.9 Å². The molecule has 1 aromatic heterocycles. The predicted octanol–water partition coefficient (Wildman–Crippen LogP) is 2.22. The van der Waals surface area contributed by atoms with Gasteiger partial charge < -0.3 is 19.2 Å². The Morgan fingerprint density at radius 3 is 2.86 bits per heavy atom. The first-order valence-corrected chi connectivity index (χ1v) is 7.07. The van der Waals surface area contributed by atoms with Crippen LogP contribution in [0.4, 0.5) is 0 Å². The van der Waals surface area contributed by atoms with Gasteiger partial charge in [0.25, 0.3) is 5.89 Å². The first-order valence-electron chi connectivity index (χ1n) is 7.07. The number of para-hydroxylation sites is 1. The van der Waals surface area contributed by atoms with Crippen molar-refractivity contribution in [3.05, 3.63) is 35.5 Å². The molecule has 0 atom stereocenters. The first-order chi connectivity index (χ1) is 10.3. The fraction of sp³-hybridized carbons (Fsp3) is 0.467. The van der Waals surface area contributed by atoms with E-state index < -0.39 is 0 Å². The fourth-order valence-corrected chi connectivity index (χ4v) is 2.10. The van der Waals surface area contributed by atoms with Gasteiger partial charge in [-0.1, -0.05) is 12.1 Å². The van der Waals surface area contributed by atoms with Gasteiger partial charge in [-0.2, -0.15) is 0 Å². The van der Waals surface area contributed by atoms with E-state index >= 15 is 0 Å². The van der Waals surface area contributed by atoms with Gasteiger partial charge in [-0.25, -0.2) is 0 Å². The quantitative estimate of drug-likeness (QED) is 0.843. The number of ether oxygens (including phenoxy) is 2. The molecule has 6 nitrogen and oxygen atoms in total. The van der Waals surface area contributed by atoms with Crippen molar-refractivity contribution in [2.45, 2.75) is 39.0 Å². The molecule has 0 spiro atoms. The van der Waals surface area contributed by atoms with E-state index in [1.54, 1.807) is 14.0 Å². The molecule has 112 valence electrons. The summed E-state index contributed by atoms with van der Waals surface area (Å²) in [6, 6.07) is 6.52. The molecule has 0 radical (unpaired) electrons. The van der Waals surface area contributed by atoms with Crippen LogP contribution in [-0.2, 0) is 13.2 Å². The summed E-state index contributed by atoms with van der Waals surface area (Å²) < 4.78 is 16.6. The maximum absolute atomic E-state index is 5.85. The number of aryl methyl sites for hydroxylation is 1. The Bertz CT molecular complexity index is 608. The number of nitrogens with zero attached hydrogens (tertiary/aromatic N) is 2. The van der Waals surface area contributed by atoms with E-state index in [1.165, 1.54) is 12.8 Å². The normalized spacial score (nSPS) is 14.2. The summed E-state index contributed by atoms with van der Waals surface area (Å²) in [4.78, 5) is 0. The molecule has 1 saturated carbocycles. The molecule has 1 heterocycles. The standard InChI is InChI=1S/C15H19N3O3/c1-10-17-18-14(21-10)9-20-15-11(8-16-12-6-7-12)4-3-5-13(15)19-2/h3-5,12,16H,6-9H2,1-2H3. The van der Waals surface area contributed by atoms with E-state index in [9.17, 15) is 0 Å². The van der Waals surface area contributed by atoms with Crippen molar-refractivity contribution in [3.8, 4) is 11.5 Å². The Hall–Kier alpha value is -2.08. The highest BCUT2D eigenvalue weighted by Gasteiger charge is 2.21. The van der Waals surface area contributed by atoms with Crippen molar-refractivity contribution < 1.29 is 13.9 Å². The molecule has 0 amide bonds. The van der Waals surface area contributed by atoms with Gasteiger partial charge in [0.1, 0.15) is 0 Å². The maximum Gasteiger partial charge on any atom is 0.253 e.